The zero-order chi connectivity index (χ0) is 19.8. The van der Waals surface area contributed by atoms with E-state index in [0.717, 1.165) is 31.3 Å². The maximum absolute atomic E-state index is 12.5. The zero-order valence-electron chi connectivity index (χ0n) is 15.2. The molecule has 6 nitrogen and oxygen atoms in total. The van der Waals surface area contributed by atoms with Crippen LogP contribution >= 0.6 is 34.3 Å². The van der Waals surface area contributed by atoms with Crippen molar-refractivity contribution in [2.45, 2.75) is 25.2 Å². The van der Waals surface area contributed by atoms with Crippen LogP contribution in [0, 0.1) is 0 Å². The molecule has 3 heterocycles. The first kappa shape index (κ1) is 18.5. The second-order valence-electron chi connectivity index (χ2n) is 6.87. The van der Waals surface area contributed by atoms with Crippen LogP contribution < -0.4 is 5.32 Å². The van der Waals surface area contributed by atoms with E-state index in [1.165, 1.54) is 35.5 Å². The highest BCUT2D eigenvalue weighted by Gasteiger charge is 2.27. The largest absolute Gasteiger partial charge is 0.326 e. The minimum absolute atomic E-state index is 0.114. The molecule has 1 aromatic carbocycles. The van der Waals surface area contributed by atoms with E-state index in [1.807, 2.05) is 41.8 Å². The van der Waals surface area contributed by atoms with Crippen LogP contribution in [0.15, 0.2) is 41.8 Å². The zero-order valence-corrected chi connectivity index (χ0v) is 17.6. The number of hydrogen-bond donors (Lipinski definition) is 2. The highest BCUT2D eigenvalue weighted by Crippen LogP contribution is 2.38. The molecule has 0 saturated heterocycles. The summed E-state index contributed by atoms with van der Waals surface area (Å²) in [5.41, 5.74) is 2.33. The number of hydrogen-bond acceptors (Lipinski definition) is 6. The Labute approximate surface area is 180 Å². The molecule has 5 rings (SSSR count). The van der Waals surface area contributed by atoms with E-state index in [1.54, 1.807) is 0 Å². The summed E-state index contributed by atoms with van der Waals surface area (Å²) in [6.07, 6.45) is 2.55. The summed E-state index contributed by atoms with van der Waals surface area (Å²) in [5.74, 6) is 2.01. The molecule has 1 aliphatic carbocycles. The van der Waals surface area contributed by atoms with Crippen molar-refractivity contribution in [1.29, 1.82) is 0 Å². The van der Waals surface area contributed by atoms with E-state index in [0.29, 0.717) is 17.4 Å². The Morgan fingerprint density at radius 2 is 2.14 bits per heavy atom. The molecule has 0 spiro atoms. The minimum Gasteiger partial charge on any atom is -0.326 e. The highest BCUT2D eigenvalue weighted by molar-refractivity contribution is 7.23. The van der Waals surface area contributed by atoms with Crippen molar-refractivity contribution in [3.63, 3.8) is 0 Å². The summed E-state index contributed by atoms with van der Waals surface area (Å²) in [6, 6.07) is 11.4. The molecule has 0 bridgehead atoms. The number of aromatic amines is 1. The number of anilines is 1. The fourth-order valence-corrected chi connectivity index (χ4v) is 4.91. The molecule has 0 aliphatic heterocycles. The van der Waals surface area contributed by atoms with Gasteiger partial charge in [-0.2, -0.15) is 5.10 Å². The van der Waals surface area contributed by atoms with E-state index in [-0.39, 0.29) is 12.3 Å². The van der Waals surface area contributed by atoms with E-state index in [2.05, 4.69) is 25.5 Å². The molecule has 1 saturated carbocycles. The number of amides is 1. The van der Waals surface area contributed by atoms with Gasteiger partial charge in [-0.25, -0.2) is 9.97 Å². The predicted octanol–water partition coefficient (Wildman–Crippen LogP) is 5.37. The topological polar surface area (TPSA) is 83.6 Å². The van der Waals surface area contributed by atoms with Gasteiger partial charge in [0.1, 0.15) is 10.8 Å². The van der Waals surface area contributed by atoms with Crippen molar-refractivity contribution in [2.24, 2.45) is 0 Å². The van der Waals surface area contributed by atoms with Crippen LogP contribution in [-0.4, -0.2) is 26.1 Å². The first-order chi connectivity index (χ1) is 14.1. The van der Waals surface area contributed by atoms with Crippen molar-refractivity contribution in [2.75, 3.05) is 5.32 Å². The van der Waals surface area contributed by atoms with Crippen LogP contribution in [0.4, 0.5) is 5.69 Å². The number of nitrogens with one attached hydrogen (secondary N) is 2. The Balaban J connectivity index is 1.25. The minimum atomic E-state index is -0.114. The maximum Gasteiger partial charge on any atom is 0.230 e. The van der Waals surface area contributed by atoms with Crippen LogP contribution in [0.25, 0.3) is 21.3 Å². The van der Waals surface area contributed by atoms with Crippen molar-refractivity contribution >= 4 is 45.9 Å². The number of nitrogens with zero attached hydrogens (tertiary/aromatic N) is 3. The molecule has 29 heavy (non-hydrogen) atoms. The smallest absolute Gasteiger partial charge is 0.230 e. The summed E-state index contributed by atoms with van der Waals surface area (Å²) >= 11 is 8.98. The fraction of sp³-hybridized carbons (Fsp3) is 0.200. The van der Waals surface area contributed by atoms with Gasteiger partial charge in [-0.05, 0) is 37.1 Å². The standard InChI is InChI=1S/C20H16ClN5OS2/c21-16-7-6-15(29-16)20-23-14(10-28-20)9-17(27)22-13-3-1-2-12(8-13)19-24-18(25-26-19)11-4-5-11/h1-3,6-8,10-11H,4-5,9H2,(H,22,27)(H,24,25,26). The molecule has 1 fully saturated rings. The lowest BCUT2D eigenvalue weighted by atomic mass is 10.2. The molecule has 0 radical (unpaired) electrons. The maximum atomic E-state index is 12.5. The highest BCUT2D eigenvalue weighted by atomic mass is 35.5. The van der Waals surface area contributed by atoms with Crippen LogP contribution in [0.5, 0.6) is 0 Å². The summed E-state index contributed by atoms with van der Waals surface area (Å²) in [5, 5.41) is 13.0. The molecule has 4 aromatic rings. The van der Waals surface area contributed by atoms with Gasteiger partial charge in [-0.15, -0.1) is 22.7 Å². The predicted molar refractivity (Wildman–Crippen MR) is 117 cm³/mol. The Morgan fingerprint density at radius 3 is 2.93 bits per heavy atom. The van der Waals surface area contributed by atoms with E-state index < -0.39 is 0 Å². The number of carbonyl (C=O) groups is 1. The molecule has 0 atom stereocenters. The third-order valence-corrected chi connectivity index (χ3v) is 6.84. The summed E-state index contributed by atoms with van der Waals surface area (Å²) in [6.45, 7) is 0. The molecule has 0 unspecified atom stereocenters. The van der Waals surface area contributed by atoms with Crippen LogP contribution in [0.1, 0.15) is 30.3 Å². The number of H-pyrrole nitrogens is 1. The second kappa shape index (κ2) is 7.70. The van der Waals surface area contributed by atoms with Gasteiger partial charge in [0.05, 0.1) is 21.3 Å². The van der Waals surface area contributed by atoms with Crippen molar-refractivity contribution < 1.29 is 4.79 Å². The second-order valence-corrected chi connectivity index (χ2v) is 9.45. The van der Waals surface area contributed by atoms with Gasteiger partial charge in [-0.1, -0.05) is 23.7 Å². The first-order valence-electron chi connectivity index (χ1n) is 9.17. The van der Waals surface area contributed by atoms with Crippen LogP contribution in [-0.2, 0) is 11.2 Å². The number of thiazole rings is 1. The number of aromatic nitrogens is 4. The van der Waals surface area contributed by atoms with E-state index >= 15 is 0 Å². The molecule has 1 aliphatic rings. The van der Waals surface area contributed by atoms with Gasteiger partial charge in [0.25, 0.3) is 0 Å². The van der Waals surface area contributed by atoms with Crippen molar-refractivity contribution in [1.82, 2.24) is 20.2 Å². The van der Waals surface area contributed by atoms with Gasteiger partial charge < -0.3 is 5.32 Å². The first-order valence-corrected chi connectivity index (χ1v) is 11.2. The fourth-order valence-electron chi connectivity index (χ4n) is 2.98. The number of carbonyl (C=O) groups excluding carboxylic acids is 1. The molecule has 146 valence electrons. The molecular formula is C20H16ClN5OS2. The molecule has 1 amide bonds. The summed E-state index contributed by atoms with van der Waals surface area (Å²) in [7, 11) is 0. The molecule has 3 aromatic heterocycles. The molecular weight excluding hydrogens is 426 g/mol. The Bertz CT molecular complexity index is 1180. The van der Waals surface area contributed by atoms with Crippen molar-refractivity contribution in [3.8, 4) is 21.3 Å². The third-order valence-electron chi connectivity index (χ3n) is 4.55. The lowest BCUT2D eigenvalue weighted by molar-refractivity contribution is -0.115. The summed E-state index contributed by atoms with van der Waals surface area (Å²) < 4.78 is 0.727. The van der Waals surface area contributed by atoms with Gasteiger partial charge in [0.15, 0.2) is 5.82 Å². The van der Waals surface area contributed by atoms with Crippen LogP contribution in [0.3, 0.4) is 0 Å². The lowest BCUT2D eigenvalue weighted by Gasteiger charge is -2.05. The summed E-state index contributed by atoms with van der Waals surface area (Å²) in [4.78, 5) is 22.6. The SMILES string of the molecule is O=C(Cc1csc(-c2ccc(Cl)s2)n1)Nc1cccc(-c2n[nH]c(C3CC3)n2)c1. The Morgan fingerprint density at radius 1 is 1.24 bits per heavy atom. The van der Waals surface area contributed by atoms with Gasteiger partial charge >= 0.3 is 0 Å². The van der Waals surface area contributed by atoms with Gasteiger partial charge in [0, 0.05) is 22.5 Å². The number of rotatable bonds is 6. The molecule has 9 heteroatoms. The quantitative estimate of drug-likeness (QED) is 0.421. The Hall–Kier alpha value is -2.55. The molecule has 2 N–H and O–H groups in total. The lowest BCUT2D eigenvalue weighted by Crippen LogP contribution is -2.14. The van der Waals surface area contributed by atoms with E-state index in [4.69, 9.17) is 11.6 Å². The normalized spacial score (nSPS) is 13.6. The monoisotopic (exact) mass is 441 g/mol. The number of benzene rings is 1. The van der Waals surface area contributed by atoms with Crippen molar-refractivity contribution in [3.05, 3.63) is 57.6 Å². The average molecular weight is 442 g/mol. The average Bonchev–Trinajstić information content (AvgIpc) is 3.08. The number of thiophene rings is 1. The third kappa shape index (κ3) is 4.24. The van der Waals surface area contributed by atoms with Crippen LogP contribution in [0.2, 0.25) is 4.34 Å². The number of halogens is 1. The Kier molecular flexibility index (Phi) is 4.91. The van der Waals surface area contributed by atoms with Gasteiger partial charge in [0.2, 0.25) is 5.91 Å². The van der Waals surface area contributed by atoms with E-state index in [9.17, 15) is 4.79 Å². The van der Waals surface area contributed by atoms with Gasteiger partial charge in [-0.3, -0.25) is 9.89 Å².